The number of rotatable bonds is 10. The number of benzene rings is 1. The number of nitrogens with zero attached hydrogens (tertiary/aromatic N) is 2. The van der Waals surface area contributed by atoms with Crippen molar-refractivity contribution in [2.24, 2.45) is 0 Å². The van der Waals surface area contributed by atoms with Gasteiger partial charge in [-0.25, -0.2) is 4.79 Å². The molecule has 27 heavy (non-hydrogen) atoms. The molecule has 0 bridgehead atoms. The molecule has 1 aliphatic heterocycles. The Bertz CT molecular complexity index is 654. The molecule has 5 heteroatoms. The highest BCUT2D eigenvalue weighted by Crippen LogP contribution is 2.29. The van der Waals surface area contributed by atoms with Crippen molar-refractivity contribution in [2.45, 2.75) is 70.9 Å². The monoisotopic (exact) mass is 372 g/mol. The predicted molar refractivity (Wildman–Crippen MR) is 109 cm³/mol. The second-order valence-electron chi connectivity index (χ2n) is 7.16. The van der Waals surface area contributed by atoms with Gasteiger partial charge in [-0.2, -0.15) is 0 Å². The minimum absolute atomic E-state index is 0.176. The summed E-state index contributed by atoms with van der Waals surface area (Å²) in [4.78, 5) is 27.8. The fourth-order valence-electron chi connectivity index (χ4n) is 3.34. The van der Waals surface area contributed by atoms with Crippen LogP contribution in [0, 0.1) is 0 Å². The second kappa shape index (κ2) is 10.3. The molecule has 0 aliphatic carbocycles. The molecular formula is C22H32N2O3. The number of amides is 3. The Balaban J connectivity index is 2.13. The van der Waals surface area contributed by atoms with Crippen molar-refractivity contribution in [1.82, 2.24) is 4.90 Å². The summed E-state index contributed by atoms with van der Waals surface area (Å²) in [5.74, 6) is -0.176. The van der Waals surface area contributed by atoms with E-state index in [2.05, 4.69) is 19.9 Å². The second-order valence-corrected chi connectivity index (χ2v) is 7.16. The van der Waals surface area contributed by atoms with E-state index in [-0.39, 0.29) is 11.9 Å². The van der Waals surface area contributed by atoms with Gasteiger partial charge in [0.2, 0.25) is 0 Å². The van der Waals surface area contributed by atoms with Gasteiger partial charge in [0, 0.05) is 12.7 Å². The van der Waals surface area contributed by atoms with Crippen molar-refractivity contribution < 1.29 is 14.7 Å². The lowest BCUT2D eigenvalue weighted by Crippen LogP contribution is -2.34. The molecule has 5 nitrogen and oxygen atoms in total. The number of carbonyl (C=O) groups excluding carboxylic acids is 2. The van der Waals surface area contributed by atoms with E-state index >= 15 is 0 Å². The van der Waals surface area contributed by atoms with Crippen LogP contribution in [0.3, 0.4) is 0 Å². The Morgan fingerprint density at radius 2 is 1.78 bits per heavy atom. The molecule has 0 spiro atoms. The zero-order valence-electron chi connectivity index (χ0n) is 16.7. The van der Waals surface area contributed by atoms with Crippen LogP contribution in [0.25, 0.3) is 0 Å². The van der Waals surface area contributed by atoms with E-state index < -0.39 is 12.1 Å². The quantitative estimate of drug-likeness (QED) is 0.364. The van der Waals surface area contributed by atoms with Crippen LogP contribution in [0.2, 0.25) is 0 Å². The predicted octanol–water partition coefficient (Wildman–Crippen LogP) is 4.81. The molecular weight excluding hydrogens is 340 g/mol. The molecule has 1 heterocycles. The molecule has 148 valence electrons. The van der Waals surface area contributed by atoms with Gasteiger partial charge in [0.15, 0.2) is 0 Å². The number of aliphatic hydroxyl groups is 1. The van der Waals surface area contributed by atoms with Crippen LogP contribution >= 0.6 is 0 Å². The molecule has 2 atom stereocenters. The smallest absolute Gasteiger partial charge is 0.331 e. The van der Waals surface area contributed by atoms with Crippen molar-refractivity contribution in [3.05, 3.63) is 42.0 Å². The number of likely N-dealkylation sites (N-methyl/N-ethyl adjacent to an activating group) is 1. The molecule has 0 aromatic heterocycles. The standard InChI is InChI=1S/C22H32N2O3/c1-4-6-8-10-11-19-21(26)23(3)22(27)24(19)18-15-13-17(14-16-18)20(25)12-9-7-5-2/h8,10,13-16,19-20,25H,4-7,9,11-12H2,1-3H3/b10-8-. The van der Waals surface area contributed by atoms with Gasteiger partial charge in [-0.15, -0.1) is 0 Å². The van der Waals surface area contributed by atoms with Gasteiger partial charge in [-0.1, -0.05) is 63.8 Å². The molecule has 1 saturated heterocycles. The number of urea groups is 1. The first kappa shape index (κ1) is 21.2. The Morgan fingerprint density at radius 3 is 2.41 bits per heavy atom. The SMILES string of the molecule is CCC/C=C\CC1C(=O)N(C)C(=O)N1c1ccc(C(O)CCCCC)cc1. The third kappa shape index (κ3) is 5.19. The molecule has 1 fully saturated rings. The van der Waals surface area contributed by atoms with Crippen molar-refractivity contribution in [3.8, 4) is 0 Å². The van der Waals surface area contributed by atoms with Gasteiger partial charge in [0.25, 0.3) is 5.91 Å². The first-order chi connectivity index (χ1) is 13.0. The number of hydrogen-bond acceptors (Lipinski definition) is 3. The van der Waals surface area contributed by atoms with Crippen LogP contribution in [-0.2, 0) is 4.79 Å². The number of anilines is 1. The normalized spacial score (nSPS) is 18.7. The van der Waals surface area contributed by atoms with Crippen molar-refractivity contribution in [2.75, 3.05) is 11.9 Å². The minimum atomic E-state index is -0.504. The Morgan fingerprint density at radius 1 is 1.07 bits per heavy atom. The lowest BCUT2D eigenvalue weighted by molar-refractivity contribution is -0.126. The Hall–Kier alpha value is -2.14. The summed E-state index contributed by atoms with van der Waals surface area (Å²) in [6.45, 7) is 4.24. The summed E-state index contributed by atoms with van der Waals surface area (Å²) in [5, 5.41) is 10.3. The maximum atomic E-state index is 12.6. The van der Waals surface area contributed by atoms with Crippen LogP contribution in [0.5, 0.6) is 0 Å². The fourth-order valence-corrected chi connectivity index (χ4v) is 3.34. The molecule has 1 N–H and O–H groups in total. The molecule has 3 amide bonds. The number of imide groups is 1. The molecule has 0 saturated carbocycles. The largest absolute Gasteiger partial charge is 0.388 e. The van der Waals surface area contributed by atoms with Gasteiger partial charge >= 0.3 is 6.03 Å². The molecule has 1 aromatic rings. The fraction of sp³-hybridized carbons (Fsp3) is 0.545. The van der Waals surface area contributed by atoms with Gasteiger partial charge in [0.05, 0.1) is 6.10 Å². The summed E-state index contributed by atoms with van der Waals surface area (Å²) in [7, 11) is 1.53. The van der Waals surface area contributed by atoms with Gasteiger partial charge in [-0.3, -0.25) is 14.6 Å². The molecule has 1 aromatic carbocycles. The highest BCUT2D eigenvalue weighted by molar-refractivity contribution is 6.14. The summed E-state index contributed by atoms with van der Waals surface area (Å²) >= 11 is 0. The van der Waals surface area contributed by atoms with Crippen LogP contribution in [0.4, 0.5) is 10.5 Å². The average molecular weight is 373 g/mol. The van der Waals surface area contributed by atoms with E-state index in [1.54, 1.807) is 4.90 Å². The van der Waals surface area contributed by atoms with Crippen molar-refractivity contribution in [3.63, 3.8) is 0 Å². The Kier molecular flexibility index (Phi) is 8.04. The van der Waals surface area contributed by atoms with Crippen LogP contribution in [-0.4, -0.2) is 35.0 Å². The summed E-state index contributed by atoms with van der Waals surface area (Å²) < 4.78 is 0. The number of hydrogen-bond donors (Lipinski definition) is 1. The Labute approximate surface area is 162 Å². The number of allylic oxidation sites excluding steroid dienone is 1. The van der Waals surface area contributed by atoms with Gasteiger partial charge < -0.3 is 5.11 Å². The molecule has 0 radical (unpaired) electrons. The first-order valence-corrected chi connectivity index (χ1v) is 10.0. The lowest BCUT2D eigenvalue weighted by atomic mass is 10.0. The molecule has 1 aliphatic rings. The average Bonchev–Trinajstić information content (AvgIpc) is 2.89. The first-order valence-electron chi connectivity index (χ1n) is 10.0. The van der Waals surface area contributed by atoms with Crippen LogP contribution in [0.1, 0.15) is 70.5 Å². The number of aliphatic hydroxyl groups excluding tert-OH is 1. The number of unbranched alkanes of at least 4 members (excludes halogenated alkanes) is 3. The summed E-state index contributed by atoms with van der Waals surface area (Å²) in [6, 6.07) is 6.55. The van der Waals surface area contributed by atoms with E-state index in [0.29, 0.717) is 12.1 Å². The highest BCUT2D eigenvalue weighted by atomic mass is 16.3. The zero-order chi connectivity index (χ0) is 19.8. The third-order valence-electron chi connectivity index (χ3n) is 5.04. The van der Waals surface area contributed by atoms with E-state index in [4.69, 9.17) is 0 Å². The van der Waals surface area contributed by atoms with Gasteiger partial charge in [0.1, 0.15) is 6.04 Å². The van der Waals surface area contributed by atoms with Crippen molar-refractivity contribution in [1.29, 1.82) is 0 Å². The zero-order valence-corrected chi connectivity index (χ0v) is 16.7. The van der Waals surface area contributed by atoms with E-state index in [1.807, 2.05) is 30.3 Å². The lowest BCUT2D eigenvalue weighted by Gasteiger charge is -2.21. The van der Waals surface area contributed by atoms with Gasteiger partial charge in [-0.05, 0) is 37.0 Å². The topological polar surface area (TPSA) is 60.9 Å². The third-order valence-corrected chi connectivity index (χ3v) is 5.04. The van der Waals surface area contributed by atoms with Crippen LogP contribution < -0.4 is 4.90 Å². The highest BCUT2D eigenvalue weighted by Gasteiger charge is 2.43. The minimum Gasteiger partial charge on any atom is -0.388 e. The van der Waals surface area contributed by atoms with E-state index in [0.717, 1.165) is 44.1 Å². The molecule has 2 unspecified atom stereocenters. The molecule has 2 rings (SSSR count). The summed E-state index contributed by atoms with van der Waals surface area (Å²) in [6.07, 6.45) is 10.1. The van der Waals surface area contributed by atoms with Crippen LogP contribution in [0.15, 0.2) is 36.4 Å². The van der Waals surface area contributed by atoms with E-state index in [9.17, 15) is 14.7 Å². The maximum absolute atomic E-state index is 12.6. The summed E-state index contributed by atoms with van der Waals surface area (Å²) in [5.41, 5.74) is 1.54. The maximum Gasteiger partial charge on any atom is 0.331 e. The number of carbonyl (C=O) groups is 2. The van der Waals surface area contributed by atoms with E-state index in [1.165, 1.54) is 11.9 Å². The van der Waals surface area contributed by atoms with Crippen molar-refractivity contribution >= 4 is 17.6 Å².